The van der Waals surface area contributed by atoms with Gasteiger partial charge in [0.25, 0.3) is 0 Å². The highest BCUT2D eigenvalue weighted by Gasteiger charge is 2.35. The van der Waals surface area contributed by atoms with Gasteiger partial charge in [0.1, 0.15) is 0 Å². The minimum atomic E-state index is -4.34. The minimum Gasteiger partial charge on any atom is -0.481 e. The summed E-state index contributed by atoms with van der Waals surface area (Å²) in [5.41, 5.74) is 0.608. The number of rotatable bonds is 6. The molecule has 0 aliphatic heterocycles. The second-order valence-electron chi connectivity index (χ2n) is 7.06. The molecule has 0 radical (unpaired) electrons. The van der Waals surface area contributed by atoms with Crippen molar-refractivity contribution in [3.63, 3.8) is 0 Å². The summed E-state index contributed by atoms with van der Waals surface area (Å²) in [6.45, 7) is 0. The summed E-state index contributed by atoms with van der Waals surface area (Å²) in [5, 5.41) is 9.26. The van der Waals surface area contributed by atoms with Crippen LogP contribution in [0.1, 0.15) is 49.9 Å². The van der Waals surface area contributed by atoms with Gasteiger partial charge in [0.15, 0.2) is 11.6 Å². The molecule has 0 unspecified atom stereocenters. The van der Waals surface area contributed by atoms with Crippen LogP contribution in [0.15, 0.2) is 77.7 Å². The lowest BCUT2D eigenvalue weighted by molar-refractivity contribution is -0.137. The van der Waals surface area contributed by atoms with E-state index in [1.54, 1.807) is 42.5 Å². The Kier molecular flexibility index (Phi) is 5.26. The molecule has 0 spiro atoms. The summed E-state index contributed by atoms with van der Waals surface area (Å²) in [4.78, 5) is 37.0. The smallest absolute Gasteiger partial charge is 0.305 e. The lowest BCUT2D eigenvalue weighted by Crippen LogP contribution is -2.33. The maximum Gasteiger partial charge on any atom is 0.305 e. The largest absolute Gasteiger partial charge is 0.481 e. The first-order valence-electron chi connectivity index (χ1n) is 9.40. The fourth-order valence-electron chi connectivity index (χ4n) is 3.68. The van der Waals surface area contributed by atoms with Crippen molar-refractivity contribution < 1.29 is 27.9 Å². The Morgan fingerprint density at radius 3 is 2.03 bits per heavy atom. The summed E-state index contributed by atoms with van der Waals surface area (Å²) < 4.78 is 28.9. The fourth-order valence-corrected chi connectivity index (χ4v) is 5.13. The molecule has 1 aliphatic rings. The maximum atomic E-state index is 13.3. The van der Waals surface area contributed by atoms with Crippen LogP contribution >= 0.6 is 0 Å². The van der Waals surface area contributed by atoms with Crippen molar-refractivity contribution in [1.29, 1.82) is 0 Å². The molecule has 0 fully saturated rings. The molecule has 0 bridgehead atoms. The van der Waals surface area contributed by atoms with Crippen molar-refractivity contribution >= 4 is 27.6 Å². The quantitative estimate of drug-likeness (QED) is 0.481. The number of nitrogens with one attached hydrogen (secondary N) is 1. The van der Waals surface area contributed by atoms with Crippen LogP contribution in [-0.4, -0.2) is 31.1 Å². The van der Waals surface area contributed by atoms with E-state index in [1.807, 2.05) is 0 Å². The number of hydrogen-bond donors (Lipinski definition) is 2. The third-order valence-corrected chi connectivity index (χ3v) is 6.60. The first kappa shape index (κ1) is 20.6. The molecule has 0 amide bonds. The third-order valence-electron chi connectivity index (χ3n) is 5.08. The highest BCUT2D eigenvalue weighted by atomic mass is 32.2. The van der Waals surface area contributed by atoms with Crippen LogP contribution < -0.4 is 4.72 Å². The second-order valence-corrected chi connectivity index (χ2v) is 8.75. The predicted molar refractivity (Wildman–Crippen MR) is 112 cm³/mol. The first-order valence-corrected chi connectivity index (χ1v) is 10.9. The van der Waals surface area contributed by atoms with Crippen molar-refractivity contribution in [3.05, 3.63) is 101 Å². The number of carbonyl (C=O) groups is 3. The zero-order valence-electron chi connectivity index (χ0n) is 16.1. The van der Waals surface area contributed by atoms with Gasteiger partial charge in [0, 0.05) is 16.7 Å². The van der Waals surface area contributed by atoms with Crippen LogP contribution in [0.3, 0.4) is 0 Å². The maximum absolute atomic E-state index is 13.3. The summed E-state index contributed by atoms with van der Waals surface area (Å²) in [5.74, 6) is -2.19. The highest BCUT2D eigenvalue weighted by molar-refractivity contribution is 7.89. The fraction of sp³-hybridized carbons (Fsp3) is 0.0870. The molecule has 1 aliphatic carbocycles. The Bertz CT molecular complexity index is 1310. The lowest BCUT2D eigenvalue weighted by atomic mass is 9.84. The van der Waals surface area contributed by atoms with E-state index < -0.39 is 40.0 Å². The minimum absolute atomic E-state index is 0.000991. The molecule has 0 saturated carbocycles. The summed E-state index contributed by atoms with van der Waals surface area (Å²) in [6.07, 6.45) is -0.492. The van der Waals surface area contributed by atoms with Gasteiger partial charge in [-0.15, -0.1) is 0 Å². The van der Waals surface area contributed by atoms with E-state index in [1.165, 1.54) is 30.3 Å². The number of carboxylic acids is 1. The van der Waals surface area contributed by atoms with Crippen LogP contribution in [0.2, 0.25) is 0 Å². The lowest BCUT2D eigenvalue weighted by Gasteiger charge is -2.22. The van der Waals surface area contributed by atoms with Crippen molar-refractivity contribution in [3.8, 4) is 0 Å². The van der Waals surface area contributed by atoms with E-state index in [9.17, 15) is 27.9 Å². The van der Waals surface area contributed by atoms with Crippen molar-refractivity contribution in [2.24, 2.45) is 0 Å². The molecule has 7 nitrogen and oxygen atoms in total. The summed E-state index contributed by atoms with van der Waals surface area (Å²) in [7, 11) is -4.34. The van der Waals surface area contributed by atoms with Crippen LogP contribution in [0.4, 0.5) is 0 Å². The standard InChI is InChI=1S/C23H17NO6S/c25-20(26)13-18(14-7-2-1-3-8-14)24-31(29,30)19-12-6-11-17-21(19)23(28)16-10-5-4-9-15(16)22(17)27/h1-12,18,24H,13H2,(H,25,26)/t18-/m1/s1. The molecule has 156 valence electrons. The summed E-state index contributed by atoms with van der Waals surface area (Å²) in [6, 6.07) is 17.5. The van der Waals surface area contributed by atoms with Crippen LogP contribution in [0.5, 0.6) is 0 Å². The predicted octanol–water partition coefficient (Wildman–Crippen LogP) is 2.96. The van der Waals surface area contributed by atoms with E-state index >= 15 is 0 Å². The molecule has 8 heteroatoms. The van der Waals surface area contributed by atoms with Gasteiger partial charge in [0.2, 0.25) is 10.0 Å². The Hall–Kier alpha value is -3.62. The Morgan fingerprint density at radius 1 is 0.806 bits per heavy atom. The molecule has 0 saturated heterocycles. The van der Waals surface area contributed by atoms with Gasteiger partial charge < -0.3 is 5.11 Å². The number of aliphatic carboxylic acids is 1. The van der Waals surface area contributed by atoms with Crippen LogP contribution in [-0.2, 0) is 14.8 Å². The van der Waals surface area contributed by atoms with E-state index in [4.69, 9.17) is 0 Å². The van der Waals surface area contributed by atoms with E-state index in [2.05, 4.69) is 4.72 Å². The van der Waals surface area contributed by atoms with Gasteiger partial charge in [-0.25, -0.2) is 13.1 Å². The normalized spacial score (nSPS) is 13.9. The number of ketones is 2. The molecular weight excluding hydrogens is 418 g/mol. The number of benzene rings is 3. The van der Waals surface area contributed by atoms with Crippen LogP contribution in [0, 0.1) is 0 Å². The number of carbonyl (C=O) groups excluding carboxylic acids is 2. The molecule has 1 atom stereocenters. The van der Waals surface area contributed by atoms with Gasteiger partial charge in [-0.1, -0.05) is 66.7 Å². The Morgan fingerprint density at radius 2 is 1.39 bits per heavy atom. The molecular formula is C23H17NO6S. The van der Waals surface area contributed by atoms with E-state index in [0.717, 1.165) is 0 Å². The first-order chi connectivity index (χ1) is 14.8. The second kappa shape index (κ2) is 7.90. The molecule has 31 heavy (non-hydrogen) atoms. The SMILES string of the molecule is O=C(O)C[C@@H](NS(=O)(=O)c1cccc2c1C(=O)c1ccccc1C2=O)c1ccccc1. The number of carboxylic acid groups (broad SMARTS) is 1. The third kappa shape index (κ3) is 3.78. The van der Waals surface area contributed by atoms with E-state index in [0.29, 0.717) is 5.56 Å². The topological polar surface area (TPSA) is 118 Å². The molecule has 0 heterocycles. The van der Waals surface area contributed by atoms with Crippen LogP contribution in [0.25, 0.3) is 0 Å². The molecule has 3 aromatic carbocycles. The zero-order valence-corrected chi connectivity index (χ0v) is 16.9. The van der Waals surface area contributed by atoms with Gasteiger partial charge in [0.05, 0.1) is 22.9 Å². The number of sulfonamides is 1. The van der Waals surface area contributed by atoms with Gasteiger partial charge in [-0.05, 0) is 11.6 Å². The van der Waals surface area contributed by atoms with Crippen molar-refractivity contribution in [2.75, 3.05) is 0 Å². The highest BCUT2D eigenvalue weighted by Crippen LogP contribution is 2.32. The molecule has 0 aromatic heterocycles. The molecule has 2 N–H and O–H groups in total. The van der Waals surface area contributed by atoms with Gasteiger partial charge in [-0.3, -0.25) is 14.4 Å². The van der Waals surface area contributed by atoms with Crippen molar-refractivity contribution in [1.82, 2.24) is 4.72 Å². The number of hydrogen-bond acceptors (Lipinski definition) is 5. The summed E-state index contributed by atoms with van der Waals surface area (Å²) >= 11 is 0. The average molecular weight is 435 g/mol. The zero-order chi connectivity index (χ0) is 22.2. The Balaban J connectivity index is 1.80. The van der Waals surface area contributed by atoms with Gasteiger partial charge in [-0.2, -0.15) is 0 Å². The Labute approximate surface area is 178 Å². The monoisotopic (exact) mass is 435 g/mol. The molecule has 3 aromatic rings. The molecule has 4 rings (SSSR count). The number of fused-ring (bicyclic) bond motifs is 2. The average Bonchev–Trinajstić information content (AvgIpc) is 2.76. The van der Waals surface area contributed by atoms with Crippen molar-refractivity contribution in [2.45, 2.75) is 17.4 Å². The van der Waals surface area contributed by atoms with Gasteiger partial charge >= 0.3 is 5.97 Å². The van der Waals surface area contributed by atoms with E-state index in [-0.39, 0.29) is 27.1 Å².